The van der Waals surface area contributed by atoms with Gasteiger partial charge in [0.1, 0.15) is 5.60 Å². The van der Waals surface area contributed by atoms with Gasteiger partial charge in [-0.1, -0.05) is 31.2 Å². The molecule has 0 saturated carbocycles. The molecule has 5 heteroatoms. The molecule has 3 nitrogen and oxygen atoms in total. The second-order valence-electron chi connectivity index (χ2n) is 4.41. The Kier molecular flexibility index (Phi) is 4.08. The molecule has 2 rings (SSSR count). The normalized spacial score (nSPS) is 15.1. The molecule has 0 aliphatic heterocycles. The summed E-state index contributed by atoms with van der Waals surface area (Å²) < 4.78 is 30.1. The first-order chi connectivity index (χ1) is 8.98. The first kappa shape index (κ1) is 14.2. The van der Waals surface area contributed by atoms with Crippen molar-refractivity contribution in [1.29, 1.82) is 0 Å². The zero-order valence-electron chi connectivity index (χ0n) is 10.9. The summed E-state index contributed by atoms with van der Waals surface area (Å²) in [5.74, 6) is 0. The fourth-order valence-electron chi connectivity index (χ4n) is 1.73. The van der Waals surface area contributed by atoms with Gasteiger partial charge in [0.25, 0.3) is 10.1 Å². The highest BCUT2D eigenvalue weighted by Crippen LogP contribution is 2.35. The topological polar surface area (TPSA) is 43.4 Å². The molecule has 0 saturated heterocycles. The Hall–Kier alpha value is -1.17. The van der Waals surface area contributed by atoms with Gasteiger partial charge in [-0.15, -0.1) is 11.3 Å². The van der Waals surface area contributed by atoms with Gasteiger partial charge in [0.05, 0.1) is 4.90 Å². The van der Waals surface area contributed by atoms with E-state index in [2.05, 4.69) is 0 Å². The lowest BCUT2D eigenvalue weighted by molar-refractivity contribution is 0.0949. The second-order valence-corrected chi connectivity index (χ2v) is 6.91. The Morgan fingerprint density at radius 1 is 1.16 bits per heavy atom. The summed E-state index contributed by atoms with van der Waals surface area (Å²) in [6.45, 7) is 3.72. The van der Waals surface area contributed by atoms with Crippen LogP contribution >= 0.6 is 11.3 Å². The van der Waals surface area contributed by atoms with E-state index in [4.69, 9.17) is 4.18 Å². The van der Waals surface area contributed by atoms with E-state index in [0.717, 1.165) is 4.88 Å². The number of benzene rings is 1. The second kappa shape index (κ2) is 5.45. The highest BCUT2D eigenvalue weighted by molar-refractivity contribution is 7.86. The molecule has 0 aliphatic rings. The molecule has 1 aromatic heterocycles. The molecular formula is C14H16O3S2. The van der Waals surface area contributed by atoms with Crippen molar-refractivity contribution in [2.75, 3.05) is 0 Å². The molecule has 0 fully saturated rings. The van der Waals surface area contributed by atoms with Crippen LogP contribution in [-0.2, 0) is 19.9 Å². The van der Waals surface area contributed by atoms with Crippen LogP contribution in [0, 0.1) is 0 Å². The van der Waals surface area contributed by atoms with E-state index in [0.29, 0.717) is 6.42 Å². The Bertz CT molecular complexity index is 618. The van der Waals surface area contributed by atoms with Crippen LogP contribution in [-0.4, -0.2) is 8.42 Å². The monoisotopic (exact) mass is 296 g/mol. The predicted molar refractivity (Wildman–Crippen MR) is 76.7 cm³/mol. The number of rotatable bonds is 5. The van der Waals surface area contributed by atoms with Crippen molar-refractivity contribution in [3.05, 3.63) is 52.7 Å². The van der Waals surface area contributed by atoms with Gasteiger partial charge in [0, 0.05) is 4.88 Å². The van der Waals surface area contributed by atoms with Crippen LogP contribution in [0.15, 0.2) is 52.7 Å². The number of hydrogen-bond acceptors (Lipinski definition) is 4. The quantitative estimate of drug-likeness (QED) is 0.789. The van der Waals surface area contributed by atoms with Crippen LogP contribution < -0.4 is 0 Å². The average Bonchev–Trinajstić information content (AvgIpc) is 2.94. The maximum absolute atomic E-state index is 12.3. The molecule has 1 aromatic carbocycles. The third-order valence-corrected chi connectivity index (χ3v) is 5.59. The van der Waals surface area contributed by atoms with Gasteiger partial charge in [-0.2, -0.15) is 8.42 Å². The van der Waals surface area contributed by atoms with Crippen molar-refractivity contribution in [3.8, 4) is 0 Å². The van der Waals surface area contributed by atoms with Crippen LogP contribution in [0.4, 0.5) is 0 Å². The molecule has 0 N–H and O–H groups in total. The maximum Gasteiger partial charge on any atom is 0.297 e. The molecule has 1 unspecified atom stereocenters. The van der Waals surface area contributed by atoms with E-state index in [9.17, 15) is 8.42 Å². The summed E-state index contributed by atoms with van der Waals surface area (Å²) in [6, 6.07) is 12.0. The number of hydrogen-bond donors (Lipinski definition) is 0. The highest BCUT2D eigenvalue weighted by atomic mass is 32.2. The van der Waals surface area contributed by atoms with Crippen molar-refractivity contribution < 1.29 is 12.6 Å². The molecule has 0 bridgehead atoms. The summed E-state index contributed by atoms with van der Waals surface area (Å²) in [4.78, 5) is 1.10. The van der Waals surface area contributed by atoms with Crippen molar-refractivity contribution >= 4 is 21.5 Å². The molecule has 102 valence electrons. The van der Waals surface area contributed by atoms with Crippen molar-refractivity contribution in [1.82, 2.24) is 0 Å². The molecule has 1 atom stereocenters. The molecule has 19 heavy (non-hydrogen) atoms. The van der Waals surface area contributed by atoms with E-state index in [-0.39, 0.29) is 4.90 Å². The zero-order valence-corrected chi connectivity index (χ0v) is 12.5. The van der Waals surface area contributed by atoms with E-state index < -0.39 is 15.7 Å². The van der Waals surface area contributed by atoms with Crippen LogP contribution in [0.1, 0.15) is 25.1 Å². The van der Waals surface area contributed by atoms with Gasteiger partial charge in [-0.05, 0) is 36.9 Å². The van der Waals surface area contributed by atoms with Gasteiger partial charge in [0.15, 0.2) is 0 Å². The van der Waals surface area contributed by atoms with E-state index in [1.165, 1.54) is 11.3 Å². The summed E-state index contributed by atoms with van der Waals surface area (Å²) in [5, 5.41) is 1.92. The van der Waals surface area contributed by atoms with Crippen molar-refractivity contribution in [3.63, 3.8) is 0 Å². The largest absolute Gasteiger partial charge is 0.297 e. The SMILES string of the molecule is CCC(C)(OS(=O)(=O)c1ccccc1)c1cccs1. The minimum Gasteiger partial charge on any atom is -0.254 e. The van der Waals surface area contributed by atoms with E-state index >= 15 is 0 Å². The van der Waals surface area contributed by atoms with Crippen molar-refractivity contribution in [2.24, 2.45) is 0 Å². The smallest absolute Gasteiger partial charge is 0.254 e. The van der Waals surface area contributed by atoms with E-state index in [1.54, 1.807) is 37.3 Å². The summed E-state index contributed by atoms with van der Waals surface area (Å²) in [7, 11) is -3.75. The summed E-state index contributed by atoms with van der Waals surface area (Å²) in [5.41, 5.74) is -0.817. The standard InChI is InChI=1S/C14H16O3S2/c1-3-14(2,13-10-7-11-18-13)17-19(15,16)12-8-5-4-6-9-12/h4-11H,3H2,1-2H3. The molecule has 0 radical (unpaired) electrons. The van der Waals surface area contributed by atoms with Crippen LogP contribution in [0.2, 0.25) is 0 Å². The molecule has 0 amide bonds. The summed E-state index contributed by atoms with van der Waals surface area (Å²) >= 11 is 1.50. The number of thiophene rings is 1. The third-order valence-electron chi connectivity index (χ3n) is 3.04. The Morgan fingerprint density at radius 2 is 1.84 bits per heavy atom. The maximum atomic E-state index is 12.3. The minimum atomic E-state index is -3.75. The lowest BCUT2D eigenvalue weighted by Gasteiger charge is -2.26. The average molecular weight is 296 g/mol. The zero-order chi connectivity index (χ0) is 13.9. The molecule has 0 aliphatic carbocycles. The fraction of sp³-hybridized carbons (Fsp3) is 0.286. The minimum absolute atomic E-state index is 0.186. The Morgan fingerprint density at radius 3 is 2.37 bits per heavy atom. The van der Waals surface area contributed by atoms with E-state index in [1.807, 2.05) is 24.4 Å². The Labute approximate surface area is 118 Å². The van der Waals surface area contributed by atoms with Gasteiger partial charge in [0.2, 0.25) is 0 Å². The van der Waals surface area contributed by atoms with Crippen LogP contribution in [0.3, 0.4) is 0 Å². The van der Waals surface area contributed by atoms with Crippen molar-refractivity contribution in [2.45, 2.75) is 30.8 Å². The van der Waals surface area contributed by atoms with Gasteiger partial charge in [-0.3, -0.25) is 4.18 Å². The molecular weight excluding hydrogens is 280 g/mol. The molecule has 1 heterocycles. The van der Waals surface area contributed by atoms with Crippen LogP contribution in [0.5, 0.6) is 0 Å². The lowest BCUT2D eigenvalue weighted by Crippen LogP contribution is -2.27. The van der Waals surface area contributed by atoms with Gasteiger partial charge in [-0.25, -0.2) is 0 Å². The third kappa shape index (κ3) is 3.05. The first-order valence-corrected chi connectivity index (χ1v) is 8.31. The highest BCUT2D eigenvalue weighted by Gasteiger charge is 2.33. The fourth-order valence-corrected chi connectivity index (χ4v) is 3.96. The predicted octanol–water partition coefficient (Wildman–Crippen LogP) is 3.78. The van der Waals surface area contributed by atoms with Gasteiger partial charge < -0.3 is 0 Å². The lowest BCUT2D eigenvalue weighted by atomic mass is 10.0. The summed E-state index contributed by atoms with van der Waals surface area (Å²) in [6.07, 6.45) is 0.583. The molecule has 2 aromatic rings. The Balaban J connectivity index is 2.34. The molecule has 0 spiro atoms. The first-order valence-electron chi connectivity index (χ1n) is 6.02. The van der Waals surface area contributed by atoms with Gasteiger partial charge >= 0.3 is 0 Å². The van der Waals surface area contributed by atoms with Crippen LogP contribution in [0.25, 0.3) is 0 Å².